The van der Waals surface area contributed by atoms with Gasteiger partial charge in [-0.15, -0.1) is 0 Å². The first-order valence-electron chi connectivity index (χ1n) is 8.35. The molecule has 0 aromatic carbocycles. The summed E-state index contributed by atoms with van der Waals surface area (Å²) in [5.41, 5.74) is 2.56. The SMILES string of the molecule is C=C(C)C(NCCC)C12CC3CC(CC(C)(C3)C1)C2. The highest BCUT2D eigenvalue weighted by Crippen LogP contribution is 2.66. The molecule has 1 nitrogen and oxygen atoms in total. The van der Waals surface area contributed by atoms with E-state index in [1.54, 1.807) is 0 Å². The number of nitrogens with one attached hydrogen (secondary N) is 1. The molecule has 4 aliphatic carbocycles. The van der Waals surface area contributed by atoms with E-state index >= 15 is 0 Å². The van der Waals surface area contributed by atoms with Crippen molar-refractivity contribution in [2.75, 3.05) is 6.54 Å². The summed E-state index contributed by atoms with van der Waals surface area (Å²) in [7, 11) is 0. The summed E-state index contributed by atoms with van der Waals surface area (Å²) >= 11 is 0. The molecule has 0 saturated heterocycles. The van der Waals surface area contributed by atoms with Gasteiger partial charge < -0.3 is 5.32 Å². The molecule has 0 aromatic heterocycles. The first-order chi connectivity index (χ1) is 8.96. The Morgan fingerprint density at radius 2 is 1.89 bits per heavy atom. The van der Waals surface area contributed by atoms with E-state index in [-0.39, 0.29) is 0 Å². The standard InChI is InChI=1S/C18H31N/c1-5-6-19-16(13(2)3)18-10-14-7-15(11-18)9-17(4,8-14)12-18/h14-16,19H,2,5-12H2,1,3-4H3. The number of rotatable bonds is 5. The smallest absolute Gasteiger partial charge is 0.0331 e. The fourth-order valence-corrected chi connectivity index (χ4v) is 6.34. The largest absolute Gasteiger partial charge is 0.310 e. The van der Waals surface area contributed by atoms with Crippen LogP contribution in [0.4, 0.5) is 0 Å². The molecule has 108 valence electrons. The lowest BCUT2D eigenvalue weighted by Gasteiger charge is -2.63. The molecule has 0 aromatic rings. The molecule has 1 N–H and O–H groups in total. The van der Waals surface area contributed by atoms with E-state index in [4.69, 9.17) is 0 Å². The Balaban J connectivity index is 1.86. The van der Waals surface area contributed by atoms with Gasteiger partial charge >= 0.3 is 0 Å². The molecule has 4 saturated carbocycles. The molecule has 0 spiro atoms. The highest BCUT2D eigenvalue weighted by atomic mass is 14.9. The highest BCUT2D eigenvalue weighted by molar-refractivity contribution is 5.17. The lowest BCUT2D eigenvalue weighted by Crippen LogP contribution is -2.59. The number of hydrogen-bond donors (Lipinski definition) is 1. The van der Waals surface area contributed by atoms with Gasteiger partial charge in [0.15, 0.2) is 0 Å². The second-order valence-corrected chi connectivity index (χ2v) is 8.37. The average Bonchev–Trinajstić information content (AvgIpc) is 2.24. The molecule has 1 heteroatoms. The van der Waals surface area contributed by atoms with Crippen LogP contribution in [0.5, 0.6) is 0 Å². The van der Waals surface area contributed by atoms with Crippen LogP contribution in [0.3, 0.4) is 0 Å². The Morgan fingerprint density at radius 1 is 1.26 bits per heavy atom. The Morgan fingerprint density at radius 3 is 2.37 bits per heavy atom. The molecule has 0 radical (unpaired) electrons. The Labute approximate surface area is 119 Å². The van der Waals surface area contributed by atoms with Crippen molar-refractivity contribution < 1.29 is 0 Å². The van der Waals surface area contributed by atoms with E-state index in [0.717, 1.165) is 18.4 Å². The predicted molar refractivity (Wildman–Crippen MR) is 82.1 cm³/mol. The number of hydrogen-bond acceptors (Lipinski definition) is 1. The fraction of sp³-hybridized carbons (Fsp3) is 0.889. The van der Waals surface area contributed by atoms with Crippen LogP contribution in [-0.2, 0) is 0 Å². The lowest BCUT2D eigenvalue weighted by atomic mass is 9.43. The van der Waals surface area contributed by atoms with Gasteiger partial charge in [0, 0.05) is 6.04 Å². The zero-order chi connectivity index (χ0) is 13.7. The molecular formula is C18H31N. The molecule has 0 aliphatic heterocycles. The van der Waals surface area contributed by atoms with Gasteiger partial charge in [0.2, 0.25) is 0 Å². The fourth-order valence-electron chi connectivity index (χ4n) is 6.34. The molecule has 0 heterocycles. The van der Waals surface area contributed by atoms with Crippen molar-refractivity contribution in [1.29, 1.82) is 0 Å². The summed E-state index contributed by atoms with van der Waals surface area (Å²) in [4.78, 5) is 0. The van der Waals surface area contributed by atoms with E-state index in [9.17, 15) is 0 Å². The third-order valence-corrected chi connectivity index (χ3v) is 6.10. The van der Waals surface area contributed by atoms with Crippen LogP contribution in [0.1, 0.15) is 65.7 Å². The van der Waals surface area contributed by atoms with Crippen LogP contribution in [0, 0.1) is 22.7 Å². The van der Waals surface area contributed by atoms with Crippen LogP contribution in [0.2, 0.25) is 0 Å². The summed E-state index contributed by atoms with van der Waals surface area (Å²) in [5.74, 6) is 2.02. The normalized spacial score (nSPS) is 45.4. The van der Waals surface area contributed by atoms with Gasteiger partial charge in [-0.25, -0.2) is 0 Å². The van der Waals surface area contributed by atoms with Gasteiger partial charge in [-0.3, -0.25) is 0 Å². The summed E-state index contributed by atoms with van der Waals surface area (Å²) in [5, 5.41) is 3.84. The maximum atomic E-state index is 4.33. The first kappa shape index (κ1) is 13.7. The zero-order valence-electron chi connectivity index (χ0n) is 13.1. The van der Waals surface area contributed by atoms with Crippen molar-refractivity contribution in [2.24, 2.45) is 22.7 Å². The molecule has 3 atom stereocenters. The van der Waals surface area contributed by atoms with Crippen LogP contribution in [0.25, 0.3) is 0 Å². The topological polar surface area (TPSA) is 12.0 Å². The van der Waals surface area contributed by atoms with Crippen LogP contribution in [-0.4, -0.2) is 12.6 Å². The van der Waals surface area contributed by atoms with Crippen molar-refractivity contribution in [3.63, 3.8) is 0 Å². The van der Waals surface area contributed by atoms with E-state index in [1.165, 1.54) is 50.5 Å². The second-order valence-electron chi connectivity index (χ2n) is 8.37. The second kappa shape index (κ2) is 4.62. The molecular weight excluding hydrogens is 230 g/mol. The minimum absolute atomic E-state index is 0.542. The van der Waals surface area contributed by atoms with Crippen LogP contribution >= 0.6 is 0 Å². The predicted octanol–water partition coefficient (Wildman–Crippen LogP) is 4.54. The summed E-state index contributed by atoms with van der Waals surface area (Å²) < 4.78 is 0. The monoisotopic (exact) mass is 261 g/mol. The van der Waals surface area contributed by atoms with Crippen molar-refractivity contribution in [3.8, 4) is 0 Å². The molecule has 3 unspecified atom stereocenters. The Kier molecular flexibility index (Phi) is 3.32. The van der Waals surface area contributed by atoms with Gasteiger partial charge in [0.05, 0.1) is 0 Å². The minimum Gasteiger partial charge on any atom is -0.310 e. The first-order valence-corrected chi connectivity index (χ1v) is 8.35. The maximum absolute atomic E-state index is 4.33. The summed E-state index contributed by atoms with van der Waals surface area (Å²) in [6, 6.07) is 0.567. The lowest BCUT2D eigenvalue weighted by molar-refractivity contribution is -0.112. The van der Waals surface area contributed by atoms with Gasteiger partial charge in [-0.05, 0) is 81.1 Å². The molecule has 4 rings (SSSR count). The third kappa shape index (κ3) is 2.28. The van der Waals surface area contributed by atoms with Crippen molar-refractivity contribution in [3.05, 3.63) is 12.2 Å². The average molecular weight is 261 g/mol. The Hall–Kier alpha value is -0.300. The van der Waals surface area contributed by atoms with Gasteiger partial charge in [-0.2, -0.15) is 0 Å². The Bertz CT molecular complexity index is 356. The molecule has 19 heavy (non-hydrogen) atoms. The third-order valence-electron chi connectivity index (χ3n) is 6.10. The summed E-state index contributed by atoms with van der Waals surface area (Å²) in [6.45, 7) is 12.5. The maximum Gasteiger partial charge on any atom is 0.0331 e. The minimum atomic E-state index is 0.542. The van der Waals surface area contributed by atoms with Crippen LogP contribution in [0.15, 0.2) is 12.2 Å². The molecule has 4 aliphatic rings. The van der Waals surface area contributed by atoms with Gasteiger partial charge in [0.25, 0.3) is 0 Å². The molecule has 4 fully saturated rings. The molecule has 4 bridgehead atoms. The van der Waals surface area contributed by atoms with Gasteiger partial charge in [0.1, 0.15) is 0 Å². The van der Waals surface area contributed by atoms with E-state index in [2.05, 4.69) is 32.7 Å². The van der Waals surface area contributed by atoms with Crippen LogP contribution < -0.4 is 5.32 Å². The van der Waals surface area contributed by atoms with E-state index in [0.29, 0.717) is 16.9 Å². The van der Waals surface area contributed by atoms with Gasteiger partial charge in [-0.1, -0.05) is 26.0 Å². The van der Waals surface area contributed by atoms with Crippen molar-refractivity contribution >= 4 is 0 Å². The van der Waals surface area contributed by atoms with E-state index < -0.39 is 0 Å². The zero-order valence-corrected chi connectivity index (χ0v) is 13.1. The quantitative estimate of drug-likeness (QED) is 0.717. The van der Waals surface area contributed by atoms with Crippen molar-refractivity contribution in [1.82, 2.24) is 5.32 Å². The highest BCUT2D eigenvalue weighted by Gasteiger charge is 2.58. The molecule has 0 amide bonds. The van der Waals surface area contributed by atoms with E-state index in [1.807, 2.05) is 0 Å². The van der Waals surface area contributed by atoms with Crippen molar-refractivity contribution in [2.45, 2.75) is 71.8 Å². The summed E-state index contributed by atoms with van der Waals surface area (Å²) in [6.07, 6.45) is 10.1.